The van der Waals surface area contributed by atoms with E-state index in [2.05, 4.69) is 47.8 Å². The van der Waals surface area contributed by atoms with Gasteiger partial charge in [-0.3, -0.25) is 0 Å². The predicted octanol–water partition coefficient (Wildman–Crippen LogP) is 5.79. The normalized spacial score (nSPS) is 11.5. The lowest BCUT2D eigenvalue weighted by Crippen LogP contribution is -2.00. The third-order valence-electron chi connectivity index (χ3n) is 2.37. The van der Waals surface area contributed by atoms with E-state index in [1.807, 2.05) is 30.3 Å². The SMILES string of the molecule is Fc1cccc(-c2ccccc2C(Br)(Br)Br)c1. The minimum Gasteiger partial charge on any atom is -0.207 e. The number of hydrogen-bond acceptors (Lipinski definition) is 0. The molecule has 0 unspecified atom stereocenters. The summed E-state index contributed by atoms with van der Waals surface area (Å²) in [6.07, 6.45) is 0. The zero-order chi connectivity index (χ0) is 12.5. The standard InChI is InChI=1S/C13H8Br3F/c14-13(15,16)12-7-2-1-6-11(12)9-4-3-5-10(17)8-9/h1-8H. The van der Waals surface area contributed by atoms with Gasteiger partial charge in [-0.1, -0.05) is 84.2 Å². The maximum atomic E-state index is 13.2. The Morgan fingerprint density at radius 3 is 2.24 bits per heavy atom. The van der Waals surface area contributed by atoms with Crippen molar-refractivity contribution in [2.24, 2.45) is 0 Å². The van der Waals surface area contributed by atoms with Crippen LogP contribution in [0.5, 0.6) is 0 Å². The summed E-state index contributed by atoms with van der Waals surface area (Å²) in [7, 11) is 0. The van der Waals surface area contributed by atoms with Crippen molar-refractivity contribution in [1.29, 1.82) is 0 Å². The summed E-state index contributed by atoms with van der Waals surface area (Å²) in [6, 6.07) is 14.4. The van der Waals surface area contributed by atoms with Gasteiger partial charge in [-0.25, -0.2) is 4.39 Å². The molecule has 0 heterocycles. The highest BCUT2D eigenvalue weighted by Gasteiger charge is 2.24. The monoisotopic (exact) mass is 420 g/mol. The molecule has 0 aliphatic rings. The fourth-order valence-corrected chi connectivity index (χ4v) is 2.68. The average molecular weight is 423 g/mol. The molecule has 0 atom stereocenters. The van der Waals surface area contributed by atoms with Gasteiger partial charge in [0.1, 0.15) is 5.82 Å². The van der Waals surface area contributed by atoms with Crippen molar-refractivity contribution in [3.8, 4) is 11.1 Å². The molecular formula is C13H8Br3F. The van der Waals surface area contributed by atoms with Gasteiger partial charge in [0.05, 0.1) is 0 Å². The van der Waals surface area contributed by atoms with E-state index >= 15 is 0 Å². The summed E-state index contributed by atoms with van der Waals surface area (Å²) in [6.45, 7) is 0. The number of benzene rings is 2. The molecule has 0 amide bonds. The molecule has 2 aromatic carbocycles. The summed E-state index contributed by atoms with van der Waals surface area (Å²) in [4.78, 5) is 0. The molecule has 2 rings (SSSR count). The van der Waals surface area contributed by atoms with Gasteiger partial charge in [0, 0.05) is 0 Å². The van der Waals surface area contributed by atoms with Crippen LogP contribution in [0.1, 0.15) is 5.56 Å². The highest BCUT2D eigenvalue weighted by Crippen LogP contribution is 2.47. The number of alkyl halides is 3. The van der Waals surface area contributed by atoms with Crippen LogP contribution in [0.15, 0.2) is 48.5 Å². The van der Waals surface area contributed by atoms with E-state index in [0.29, 0.717) is 0 Å². The number of halogens is 4. The number of rotatable bonds is 1. The van der Waals surface area contributed by atoms with Gasteiger partial charge in [-0.05, 0) is 28.8 Å². The van der Waals surface area contributed by atoms with Crippen LogP contribution in [0.3, 0.4) is 0 Å². The van der Waals surface area contributed by atoms with Gasteiger partial charge in [0.15, 0.2) is 2.14 Å². The fraction of sp³-hybridized carbons (Fsp3) is 0.0769. The molecule has 0 radical (unpaired) electrons. The topological polar surface area (TPSA) is 0 Å². The first-order chi connectivity index (χ1) is 7.98. The van der Waals surface area contributed by atoms with Crippen LogP contribution < -0.4 is 0 Å². The molecule has 4 heteroatoms. The Morgan fingerprint density at radius 1 is 0.882 bits per heavy atom. The molecule has 0 aromatic heterocycles. The average Bonchev–Trinajstić information content (AvgIpc) is 2.28. The van der Waals surface area contributed by atoms with E-state index in [4.69, 9.17) is 0 Å². The first-order valence-corrected chi connectivity index (χ1v) is 7.28. The molecule has 0 saturated heterocycles. The summed E-state index contributed by atoms with van der Waals surface area (Å²) in [5.41, 5.74) is 2.81. The molecule has 0 saturated carbocycles. The summed E-state index contributed by atoms with van der Waals surface area (Å²) < 4.78 is 12.7. The van der Waals surface area contributed by atoms with E-state index < -0.39 is 2.14 Å². The lowest BCUT2D eigenvalue weighted by molar-refractivity contribution is 0.628. The molecule has 17 heavy (non-hydrogen) atoms. The highest BCUT2D eigenvalue weighted by molar-refractivity contribution is 9.38. The van der Waals surface area contributed by atoms with Gasteiger partial charge < -0.3 is 0 Å². The van der Waals surface area contributed by atoms with Crippen molar-refractivity contribution in [3.05, 3.63) is 59.9 Å². The van der Waals surface area contributed by atoms with Crippen LogP contribution >= 0.6 is 47.8 Å². The summed E-state index contributed by atoms with van der Waals surface area (Å²) in [5, 5.41) is 0. The van der Waals surface area contributed by atoms with Crippen LogP contribution in [0.25, 0.3) is 11.1 Å². The van der Waals surface area contributed by atoms with E-state index in [1.165, 1.54) is 12.1 Å². The predicted molar refractivity (Wildman–Crippen MR) is 80.3 cm³/mol. The zero-order valence-electron chi connectivity index (χ0n) is 8.63. The largest absolute Gasteiger partial charge is 0.207 e. The van der Waals surface area contributed by atoms with Gasteiger partial charge in [0.25, 0.3) is 0 Å². The summed E-state index contributed by atoms with van der Waals surface area (Å²) >= 11 is 10.5. The van der Waals surface area contributed by atoms with Crippen LogP contribution in [-0.4, -0.2) is 0 Å². The Morgan fingerprint density at radius 2 is 1.59 bits per heavy atom. The second-order valence-corrected chi connectivity index (χ2v) is 10.3. The Labute approximate surface area is 125 Å². The molecule has 0 N–H and O–H groups in total. The maximum absolute atomic E-state index is 13.2. The van der Waals surface area contributed by atoms with Crippen LogP contribution in [0.2, 0.25) is 0 Å². The molecule has 0 bridgehead atoms. The molecule has 0 fully saturated rings. The van der Waals surface area contributed by atoms with Gasteiger partial charge in [-0.15, -0.1) is 0 Å². The quantitative estimate of drug-likeness (QED) is 0.510. The van der Waals surface area contributed by atoms with E-state index in [9.17, 15) is 4.39 Å². The van der Waals surface area contributed by atoms with Crippen LogP contribution in [0, 0.1) is 5.82 Å². The van der Waals surface area contributed by atoms with Crippen molar-refractivity contribution in [2.75, 3.05) is 0 Å². The molecule has 2 aromatic rings. The molecule has 88 valence electrons. The Bertz CT molecular complexity index is 532. The van der Waals surface area contributed by atoms with Crippen molar-refractivity contribution in [1.82, 2.24) is 0 Å². The molecular weight excluding hydrogens is 415 g/mol. The lowest BCUT2D eigenvalue weighted by Gasteiger charge is -2.17. The number of hydrogen-bond donors (Lipinski definition) is 0. The second kappa shape index (κ2) is 5.21. The van der Waals surface area contributed by atoms with Crippen molar-refractivity contribution >= 4 is 47.8 Å². The third kappa shape index (κ3) is 3.18. The fourth-order valence-electron chi connectivity index (χ4n) is 1.64. The van der Waals surface area contributed by atoms with Gasteiger partial charge >= 0.3 is 0 Å². The highest BCUT2D eigenvalue weighted by atomic mass is 80.0. The smallest absolute Gasteiger partial charge is 0.160 e. The van der Waals surface area contributed by atoms with Crippen LogP contribution in [0.4, 0.5) is 4.39 Å². The van der Waals surface area contributed by atoms with Gasteiger partial charge in [-0.2, -0.15) is 0 Å². The Balaban J connectivity index is 2.60. The van der Waals surface area contributed by atoms with Gasteiger partial charge in [0.2, 0.25) is 0 Å². The Kier molecular flexibility index (Phi) is 4.06. The zero-order valence-corrected chi connectivity index (χ0v) is 13.4. The van der Waals surface area contributed by atoms with E-state index in [1.54, 1.807) is 6.07 Å². The van der Waals surface area contributed by atoms with Crippen LogP contribution in [-0.2, 0) is 2.14 Å². The lowest BCUT2D eigenvalue weighted by atomic mass is 10.0. The van der Waals surface area contributed by atoms with Crippen molar-refractivity contribution in [3.63, 3.8) is 0 Å². The second-order valence-electron chi connectivity index (χ2n) is 3.55. The first-order valence-electron chi connectivity index (χ1n) is 4.90. The van der Waals surface area contributed by atoms with E-state index in [-0.39, 0.29) is 5.82 Å². The third-order valence-corrected chi connectivity index (χ3v) is 3.65. The van der Waals surface area contributed by atoms with E-state index in [0.717, 1.165) is 16.7 Å². The maximum Gasteiger partial charge on any atom is 0.160 e. The molecule has 0 aliphatic heterocycles. The molecule has 0 nitrogen and oxygen atoms in total. The minimum absolute atomic E-state index is 0.235. The van der Waals surface area contributed by atoms with Crippen molar-refractivity contribution in [2.45, 2.75) is 2.14 Å². The first kappa shape index (κ1) is 13.2. The summed E-state index contributed by atoms with van der Waals surface area (Å²) in [5.74, 6) is -0.235. The van der Waals surface area contributed by atoms with Crippen molar-refractivity contribution < 1.29 is 4.39 Å². The minimum atomic E-state index is -0.504. The Hall–Kier alpha value is -0.190. The molecule has 0 aliphatic carbocycles. The molecule has 0 spiro atoms.